The number of benzene rings is 2. The van der Waals surface area contributed by atoms with Gasteiger partial charge in [-0.15, -0.1) is 0 Å². The first kappa shape index (κ1) is 19.8. The number of esters is 1. The SMILES string of the molecule is O=C(Oc1cccc(N2C(=O)CCCC2=O)c1)[C@@H]1CC(=O)N(Cc2ccccc2)C1. The van der Waals surface area contributed by atoms with Gasteiger partial charge in [0.15, 0.2) is 0 Å². The van der Waals surface area contributed by atoms with Gasteiger partial charge in [-0.25, -0.2) is 0 Å². The lowest BCUT2D eigenvalue weighted by atomic mass is 10.1. The fraction of sp³-hybridized carbons (Fsp3) is 0.304. The minimum Gasteiger partial charge on any atom is -0.426 e. The average molecular weight is 406 g/mol. The molecule has 2 aliphatic heterocycles. The molecular weight excluding hydrogens is 384 g/mol. The summed E-state index contributed by atoms with van der Waals surface area (Å²) in [5, 5.41) is 0. The molecule has 4 rings (SSSR count). The summed E-state index contributed by atoms with van der Waals surface area (Å²) < 4.78 is 5.48. The van der Waals surface area contributed by atoms with Crippen molar-refractivity contribution in [1.82, 2.24) is 4.90 Å². The molecule has 7 nitrogen and oxygen atoms in total. The number of ether oxygens (including phenoxy) is 1. The zero-order valence-electron chi connectivity index (χ0n) is 16.5. The van der Waals surface area contributed by atoms with E-state index in [2.05, 4.69) is 0 Å². The van der Waals surface area contributed by atoms with Gasteiger partial charge in [-0.1, -0.05) is 36.4 Å². The van der Waals surface area contributed by atoms with Crippen LogP contribution in [0.2, 0.25) is 0 Å². The van der Waals surface area contributed by atoms with Crippen LogP contribution in [0.15, 0.2) is 54.6 Å². The van der Waals surface area contributed by atoms with Crippen LogP contribution in [-0.4, -0.2) is 35.1 Å². The minimum atomic E-state index is -0.553. The summed E-state index contributed by atoms with van der Waals surface area (Å²) in [5.41, 5.74) is 1.40. The Morgan fingerprint density at radius 1 is 0.933 bits per heavy atom. The summed E-state index contributed by atoms with van der Waals surface area (Å²) in [6.07, 6.45) is 1.29. The van der Waals surface area contributed by atoms with Crippen LogP contribution < -0.4 is 9.64 Å². The highest BCUT2D eigenvalue weighted by atomic mass is 16.5. The van der Waals surface area contributed by atoms with Crippen molar-refractivity contribution in [3.05, 3.63) is 60.2 Å². The van der Waals surface area contributed by atoms with E-state index in [9.17, 15) is 19.2 Å². The van der Waals surface area contributed by atoms with E-state index in [1.54, 1.807) is 23.1 Å². The zero-order chi connectivity index (χ0) is 21.1. The van der Waals surface area contributed by atoms with Crippen molar-refractivity contribution in [3.63, 3.8) is 0 Å². The van der Waals surface area contributed by atoms with E-state index < -0.39 is 11.9 Å². The normalized spacial score (nSPS) is 19.3. The number of amides is 3. The van der Waals surface area contributed by atoms with Crippen molar-refractivity contribution in [2.75, 3.05) is 11.4 Å². The molecule has 0 unspecified atom stereocenters. The second-order valence-corrected chi connectivity index (χ2v) is 7.56. The molecule has 0 bridgehead atoms. The van der Waals surface area contributed by atoms with E-state index in [1.807, 2.05) is 30.3 Å². The van der Waals surface area contributed by atoms with Crippen LogP contribution in [0.25, 0.3) is 0 Å². The standard InChI is InChI=1S/C23H22N2O5/c26-20-10-5-11-21(27)25(20)18-8-4-9-19(13-18)30-23(29)17-12-22(28)24(15-17)14-16-6-2-1-3-7-16/h1-4,6-9,13,17H,5,10-12,14-15H2/t17-/m1/s1. The molecule has 0 saturated carbocycles. The van der Waals surface area contributed by atoms with Crippen LogP contribution in [0, 0.1) is 5.92 Å². The summed E-state index contributed by atoms with van der Waals surface area (Å²) in [7, 11) is 0. The van der Waals surface area contributed by atoms with Crippen molar-refractivity contribution in [1.29, 1.82) is 0 Å². The Morgan fingerprint density at radius 2 is 1.67 bits per heavy atom. The van der Waals surface area contributed by atoms with Crippen LogP contribution in [0.3, 0.4) is 0 Å². The zero-order valence-corrected chi connectivity index (χ0v) is 16.5. The first-order valence-electron chi connectivity index (χ1n) is 10.0. The first-order chi connectivity index (χ1) is 14.5. The maximum atomic E-state index is 12.6. The number of hydrogen-bond acceptors (Lipinski definition) is 5. The van der Waals surface area contributed by atoms with E-state index in [1.165, 1.54) is 6.07 Å². The van der Waals surface area contributed by atoms with Crippen molar-refractivity contribution in [2.24, 2.45) is 5.92 Å². The van der Waals surface area contributed by atoms with Crippen molar-refractivity contribution >= 4 is 29.4 Å². The van der Waals surface area contributed by atoms with E-state index in [-0.39, 0.29) is 29.9 Å². The predicted molar refractivity (Wildman–Crippen MR) is 108 cm³/mol. The largest absolute Gasteiger partial charge is 0.426 e. The van der Waals surface area contributed by atoms with Crippen LogP contribution in [-0.2, 0) is 25.7 Å². The van der Waals surface area contributed by atoms with Gasteiger partial charge in [0.05, 0.1) is 11.6 Å². The molecule has 2 saturated heterocycles. The summed E-state index contributed by atoms with van der Waals surface area (Å²) in [5.74, 6) is -1.40. The Balaban J connectivity index is 1.41. The maximum absolute atomic E-state index is 12.6. The van der Waals surface area contributed by atoms with Gasteiger partial charge in [0.2, 0.25) is 17.7 Å². The minimum absolute atomic E-state index is 0.0842. The van der Waals surface area contributed by atoms with Gasteiger partial charge < -0.3 is 9.64 Å². The Bertz CT molecular complexity index is 972. The summed E-state index contributed by atoms with van der Waals surface area (Å²) >= 11 is 0. The number of carbonyl (C=O) groups excluding carboxylic acids is 4. The van der Waals surface area contributed by atoms with Crippen molar-refractivity contribution < 1.29 is 23.9 Å². The quantitative estimate of drug-likeness (QED) is 0.433. The fourth-order valence-corrected chi connectivity index (χ4v) is 3.81. The lowest BCUT2D eigenvalue weighted by Crippen LogP contribution is -2.40. The number of nitrogens with zero attached hydrogens (tertiary/aromatic N) is 2. The van der Waals surface area contributed by atoms with Crippen LogP contribution in [0.5, 0.6) is 5.75 Å². The summed E-state index contributed by atoms with van der Waals surface area (Å²) in [6, 6.07) is 16.0. The summed E-state index contributed by atoms with van der Waals surface area (Å²) in [6.45, 7) is 0.757. The molecule has 2 fully saturated rings. The highest BCUT2D eigenvalue weighted by Gasteiger charge is 2.35. The van der Waals surface area contributed by atoms with E-state index in [4.69, 9.17) is 4.74 Å². The molecule has 154 valence electrons. The Morgan fingerprint density at radius 3 is 2.40 bits per heavy atom. The number of imide groups is 1. The fourth-order valence-electron chi connectivity index (χ4n) is 3.81. The second kappa shape index (κ2) is 8.49. The Kier molecular flexibility index (Phi) is 5.61. The van der Waals surface area contributed by atoms with Gasteiger partial charge in [-0.2, -0.15) is 0 Å². The first-order valence-corrected chi connectivity index (χ1v) is 10.0. The van der Waals surface area contributed by atoms with Crippen molar-refractivity contribution in [2.45, 2.75) is 32.2 Å². The van der Waals surface area contributed by atoms with E-state index in [0.717, 1.165) is 10.5 Å². The molecule has 2 aliphatic rings. The lowest BCUT2D eigenvalue weighted by molar-refractivity contribution is -0.139. The number of rotatable bonds is 5. The lowest BCUT2D eigenvalue weighted by Gasteiger charge is -2.25. The molecule has 7 heteroatoms. The predicted octanol–water partition coefficient (Wildman–Crippen LogP) is 2.68. The van der Waals surface area contributed by atoms with E-state index >= 15 is 0 Å². The Hall–Kier alpha value is -3.48. The smallest absolute Gasteiger partial charge is 0.316 e. The van der Waals surface area contributed by atoms with Crippen LogP contribution in [0.1, 0.15) is 31.2 Å². The third kappa shape index (κ3) is 4.25. The topological polar surface area (TPSA) is 84.0 Å². The number of hydrogen-bond donors (Lipinski definition) is 0. The highest BCUT2D eigenvalue weighted by Crippen LogP contribution is 2.27. The molecule has 0 spiro atoms. The molecule has 0 radical (unpaired) electrons. The molecule has 1 atom stereocenters. The monoisotopic (exact) mass is 406 g/mol. The van der Waals surface area contributed by atoms with Crippen LogP contribution in [0.4, 0.5) is 5.69 Å². The third-order valence-electron chi connectivity index (χ3n) is 5.34. The molecular formula is C23H22N2O5. The molecule has 2 aromatic carbocycles. The van der Waals surface area contributed by atoms with Crippen LogP contribution >= 0.6 is 0 Å². The molecule has 2 heterocycles. The maximum Gasteiger partial charge on any atom is 0.316 e. The molecule has 30 heavy (non-hydrogen) atoms. The second-order valence-electron chi connectivity index (χ2n) is 7.56. The molecule has 0 aromatic heterocycles. The van der Waals surface area contributed by atoms with Gasteiger partial charge in [0, 0.05) is 38.4 Å². The number of piperidine rings is 1. The molecule has 3 amide bonds. The molecule has 2 aromatic rings. The van der Waals surface area contributed by atoms with Gasteiger partial charge in [-0.05, 0) is 24.1 Å². The number of likely N-dealkylation sites (tertiary alicyclic amines) is 1. The molecule has 0 N–H and O–H groups in total. The number of anilines is 1. The third-order valence-corrected chi connectivity index (χ3v) is 5.34. The van der Waals surface area contributed by atoms with Gasteiger partial charge in [0.1, 0.15) is 5.75 Å². The summed E-state index contributed by atoms with van der Waals surface area (Å²) in [4.78, 5) is 52.0. The molecule has 0 aliphatic carbocycles. The van der Waals surface area contributed by atoms with Gasteiger partial charge in [0.25, 0.3) is 0 Å². The van der Waals surface area contributed by atoms with E-state index in [0.29, 0.717) is 38.0 Å². The van der Waals surface area contributed by atoms with Gasteiger partial charge >= 0.3 is 5.97 Å². The highest BCUT2D eigenvalue weighted by molar-refractivity contribution is 6.16. The number of carbonyl (C=O) groups is 4. The van der Waals surface area contributed by atoms with Gasteiger partial charge in [-0.3, -0.25) is 24.1 Å². The van der Waals surface area contributed by atoms with Crippen molar-refractivity contribution in [3.8, 4) is 5.75 Å². The Labute approximate surface area is 174 Å². The average Bonchev–Trinajstić information content (AvgIpc) is 3.09.